The summed E-state index contributed by atoms with van der Waals surface area (Å²) in [5, 5.41) is 4.84. The van der Waals surface area contributed by atoms with E-state index >= 15 is 0 Å². The minimum Gasteiger partial charge on any atom is -0.382 e. The van der Waals surface area contributed by atoms with Crippen LogP contribution in [0.25, 0.3) is 5.69 Å². The monoisotopic (exact) mass is 361 g/mol. The molecule has 124 valence electrons. The summed E-state index contributed by atoms with van der Waals surface area (Å²) in [6.45, 7) is 0. The summed E-state index contributed by atoms with van der Waals surface area (Å²) in [6, 6.07) is 18.0. The molecule has 0 spiro atoms. The van der Waals surface area contributed by atoms with Crippen LogP contribution in [0.5, 0.6) is 5.75 Å². The lowest BCUT2D eigenvalue weighted by Crippen LogP contribution is -2.15. The van der Waals surface area contributed by atoms with Crippen LogP contribution in [-0.4, -0.2) is 34.7 Å². The minimum atomic E-state index is -3.63. The Morgan fingerprint density at radius 1 is 1.00 bits per heavy atom. The quantitative estimate of drug-likeness (QED) is 0.476. The first-order valence-corrected chi connectivity index (χ1v) is 9.76. The summed E-state index contributed by atoms with van der Waals surface area (Å²) in [4.78, 5) is 4.18. The number of rotatable bonds is 7. The largest absolute Gasteiger partial charge is 0.382 e. The second-order valence-electron chi connectivity index (χ2n) is 4.81. The molecule has 0 aliphatic heterocycles. The van der Waals surface area contributed by atoms with Crippen LogP contribution >= 0.6 is 11.8 Å². The van der Waals surface area contributed by atoms with Gasteiger partial charge in [-0.15, -0.1) is 5.10 Å². The Bertz CT molecular complexity index is 881. The first-order valence-electron chi connectivity index (χ1n) is 7.19. The molecular formula is C16H15N3O3S2. The summed E-state index contributed by atoms with van der Waals surface area (Å²) in [5.74, 6) is 0.509. The third-order valence-corrected chi connectivity index (χ3v) is 5.28. The molecule has 0 aliphatic carbocycles. The summed E-state index contributed by atoms with van der Waals surface area (Å²) in [6.07, 6.45) is 1.60. The minimum absolute atomic E-state index is 0.119. The lowest BCUT2D eigenvalue weighted by Gasteiger charge is -2.05. The molecule has 6 nitrogen and oxygen atoms in total. The molecule has 3 aromatic rings. The lowest BCUT2D eigenvalue weighted by atomic mass is 10.3. The fourth-order valence-electron chi connectivity index (χ4n) is 1.92. The van der Waals surface area contributed by atoms with Gasteiger partial charge in [0.2, 0.25) is 5.16 Å². The van der Waals surface area contributed by atoms with Gasteiger partial charge < -0.3 is 4.18 Å². The van der Waals surface area contributed by atoms with Crippen LogP contribution in [0.1, 0.15) is 0 Å². The van der Waals surface area contributed by atoms with E-state index < -0.39 is 10.1 Å². The highest BCUT2D eigenvalue weighted by Gasteiger charge is 2.14. The van der Waals surface area contributed by atoms with Gasteiger partial charge in [0, 0.05) is 5.75 Å². The van der Waals surface area contributed by atoms with Crippen molar-refractivity contribution in [3.63, 3.8) is 0 Å². The average molecular weight is 361 g/mol. The van der Waals surface area contributed by atoms with Crippen molar-refractivity contribution in [3.8, 4) is 11.4 Å². The standard InChI is InChI=1S/C16H15N3O3S2/c20-24(21,22-15-9-5-2-6-10-15)12-11-23-16-17-13-19(18-16)14-7-3-1-4-8-14/h1-10,13H,11-12H2. The fourth-order valence-corrected chi connectivity index (χ4v) is 4.01. The van der Waals surface area contributed by atoms with E-state index in [2.05, 4.69) is 10.1 Å². The predicted molar refractivity (Wildman–Crippen MR) is 92.9 cm³/mol. The molecule has 0 saturated heterocycles. The van der Waals surface area contributed by atoms with Crippen LogP contribution in [0.4, 0.5) is 0 Å². The van der Waals surface area contributed by atoms with E-state index in [0.717, 1.165) is 5.69 Å². The molecule has 0 amide bonds. The average Bonchev–Trinajstić information content (AvgIpc) is 3.05. The summed E-state index contributed by atoms with van der Waals surface area (Å²) in [5.41, 5.74) is 0.900. The van der Waals surface area contributed by atoms with Gasteiger partial charge in [-0.2, -0.15) is 8.42 Å². The topological polar surface area (TPSA) is 74.1 Å². The van der Waals surface area contributed by atoms with E-state index in [1.807, 2.05) is 30.3 Å². The Balaban J connectivity index is 1.54. The van der Waals surface area contributed by atoms with Crippen LogP contribution in [-0.2, 0) is 10.1 Å². The van der Waals surface area contributed by atoms with E-state index in [4.69, 9.17) is 4.18 Å². The highest BCUT2D eigenvalue weighted by Crippen LogP contribution is 2.16. The molecule has 0 radical (unpaired) electrons. The van der Waals surface area contributed by atoms with E-state index in [1.165, 1.54) is 11.8 Å². The van der Waals surface area contributed by atoms with Gasteiger partial charge in [-0.1, -0.05) is 48.2 Å². The van der Waals surface area contributed by atoms with Crippen molar-refractivity contribution in [1.82, 2.24) is 14.8 Å². The van der Waals surface area contributed by atoms with Gasteiger partial charge in [0.05, 0.1) is 11.4 Å². The molecule has 2 aromatic carbocycles. The molecule has 0 fully saturated rings. The van der Waals surface area contributed by atoms with Gasteiger partial charge in [0.15, 0.2) is 0 Å². The molecule has 1 aromatic heterocycles. The predicted octanol–water partition coefficient (Wildman–Crippen LogP) is 2.77. The Labute approximate surface area is 144 Å². The van der Waals surface area contributed by atoms with Gasteiger partial charge in [-0.05, 0) is 24.3 Å². The zero-order valence-corrected chi connectivity index (χ0v) is 14.3. The van der Waals surface area contributed by atoms with E-state index in [-0.39, 0.29) is 5.75 Å². The second kappa shape index (κ2) is 7.50. The zero-order valence-electron chi connectivity index (χ0n) is 12.6. The molecule has 0 N–H and O–H groups in total. The van der Waals surface area contributed by atoms with Crippen molar-refractivity contribution in [2.75, 3.05) is 11.5 Å². The zero-order chi connectivity index (χ0) is 16.8. The number of nitrogens with zero attached hydrogens (tertiary/aromatic N) is 3. The van der Waals surface area contributed by atoms with Crippen molar-refractivity contribution in [2.45, 2.75) is 5.16 Å². The van der Waals surface area contributed by atoms with Crippen LogP contribution < -0.4 is 4.18 Å². The lowest BCUT2D eigenvalue weighted by molar-refractivity contribution is 0.488. The molecule has 1 heterocycles. The smallest absolute Gasteiger partial charge is 0.310 e. The molecule has 0 atom stereocenters. The number of aromatic nitrogens is 3. The summed E-state index contributed by atoms with van der Waals surface area (Å²) < 4.78 is 30.5. The SMILES string of the molecule is O=S(=O)(CCSc1ncn(-c2ccccc2)n1)Oc1ccccc1. The van der Waals surface area contributed by atoms with Crippen LogP contribution in [0.15, 0.2) is 72.1 Å². The third-order valence-electron chi connectivity index (χ3n) is 3.02. The maximum absolute atomic E-state index is 11.9. The number of para-hydroxylation sites is 2. The molecule has 24 heavy (non-hydrogen) atoms. The van der Waals surface area contributed by atoms with Gasteiger partial charge in [0.25, 0.3) is 0 Å². The maximum Gasteiger partial charge on any atom is 0.310 e. The van der Waals surface area contributed by atoms with Gasteiger partial charge in [-0.25, -0.2) is 9.67 Å². The Morgan fingerprint density at radius 3 is 2.38 bits per heavy atom. The second-order valence-corrected chi connectivity index (χ2v) is 7.57. The van der Waals surface area contributed by atoms with Crippen molar-refractivity contribution >= 4 is 21.9 Å². The first-order chi connectivity index (χ1) is 11.6. The number of hydrogen-bond acceptors (Lipinski definition) is 6. The molecule has 0 bridgehead atoms. The summed E-state index contributed by atoms with van der Waals surface area (Å²) in [7, 11) is -3.63. The van der Waals surface area contributed by atoms with Crippen LogP contribution in [0.3, 0.4) is 0 Å². The molecule has 8 heteroatoms. The van der Waals surface area contributed by atoms with Gasteiger partial charge >= 0.3 is 10.1 Å². The maximum atomic E-state index is 11.9. The molecule has 0 unspecified atom stereocenters. The van der Waals surface area contributed by atoms with Crippen molar-refractivity contribution < 1.29 is 12.6 Å². The highest BCUT2D eigenvalue weighted by molar-refractivity contribution is 8.00. The normalized spacial score (nSPS) is 11.3. The molecular weight excluding hydrogens is 346 g/mol. The molecule has 0 aliphatic rings. The van der Waals surface area contributed by atoms with E-state index in [0.29, 0.717) is 16.7 Å². The van der Waals surface area contributed by atoms with Crippen molar-refractivity contribution in [3.05, 3.63) is 67.0 Å². The Kier molecular flexibility index (Phi) is 5.17. The Hall–Kier alpha value is -2.32. The van der Waals surface area contributed by atoms with Gasteiger partial charge in [-0.3, -0.25) is 0 Å². The number of hydrogen-bond donors (Lipinski definition) is 0. The third kappa shape index (κ3) is 4.59. The molecule has 0 saturated carbocycles. The van der Waals surface area contributed by atoms with Crippen LogP contribution in [0.2, 0.25) is 0 Å². The number of thioether (sulfide) groups is 1. The van der Waals surface area contributed by atoms with E-state index in [1.54, 1.807) is 41.3 Å². The first kappa shape index (κ1) is 16.5. The van der Waals surface area contributed by atoms with E-state index in [9.17, 15) is 8.42 Å². The molecule has 3 rings (SSSR count). The van der Waals surface area contributed by atoms with Crippen LogP contribution in [0, 0.1) is 0 Å². The van der Waals surface area contributed by atoms with Gasteiger partial charge in [0.1, 0.15) is 12.1 Å². The summed E-state index contributed by atoms with van der Waals surface area (Å²) >= 11 is 1.27. The van der Waals surface area contributed by atoms with Crippen molar-refractivity contribution in [2.24, 2.45) is 0 Å². The fraction of sp³-hybridized carbons (Fsp3) is 0.125. The van der Waals surface area contributed by atoms with Crippen molar-refractivity contribution in [1.29, 1.82) is 0 Å². The Morgan fingerprint density at radius 2 is 1.67 bits per heavy atom. The number of benzene rings is 2. The highest BCUT2D eigenvalue weighted by atomic mass is 32.2.